The number of anilines is 1. The summed E-state index contributed by atoms with van der Waals surface area (Å²) in [6.45, 7) is 4.34. The molecular weight excluding hydrogens is 522 g/mol. The van der Waals surface area contributed by atoms with Crippen molar-refractivity contribution in [1.29, 1.82) is 0 Å². The van der Waals surface area contributed by atoms with E-state index in [0.29, 0.717) is 28.8 Å². The Kier molecular flexibility index (Phi) is 8.67. The molecular formula is C28H28F2N6O4. The minimum absolute atomic E-state index is 0.0133. The highest BCUT2D eigenvalue weighted by Crippen LogP contribution is 2.31. The molecule has 3 N–H and O–H groups in total. The molecule has 208 valence electrons. The zero-order valence-electron chi connectivity index (χ0n) is 22.2. The maximum Gasteiger partial charge on any atom is 0.406 e. The number of aryl methyl sites for hydroxylation is 1. The predicted molar refractivity (Wildman–Crippen MR) is 147 cm³/mol. The molecule has 2 heterocycles. The first-order chi connectivity index (χ1) is 19.2. The Labute approximate surface area is 228 Å². The summed E-state index contributed by atoms with van der Waals surface area (Å²) in [5.41, 5.74) is 0.684. The number of nitrogens with zero attached hydrogens (tertiary/aromatic N) is 3. The van der Waals surface area contributed by atoms with Crippen LogP contribution in [0, 0.1) is 18.6 Å². The summed E-state index contributed by atoms with van der Waals surface area (Å²) in [6.07, 6.45) is 0.142. The Hall–Kier alpha value is -4.87. The molecule has 0 fully saturated rings. The summed E-state index contributed by atoms with van der Waals surface area (Å²) in [7, 11) is 1.43. The van der Waals surface area contributed by atoms with E-state index >= 15 is 0 Å². The molecule has 0 aliphatic rings. The van der Waals surface area contributed by atoms with Crippen molar-refractivity contribution in [2.45, 2.75) is 20.3 Å². The Bertz CT molecular complexity index is 1620. The Balaban J connectivity index is 1.93. The summed E-state index contributed by atoms with van der Waals surface area (Å²) in [6, 6.07) is 11.1. The molecule has 0 radical (unpaired) electrons. The minimum atomic E-state index is -0.950. The molecule has 0 saturated carbocycles. The van der Waals surface area contributed by atoms with Crippen LogP contribution in [-0.4, -0.2) is 53.3 Å². The summed E-state index contributed by atoms with van der Waals surface area (Å²) in [4.78, 5) is 46.2. The van der Waals surface area contributed by atoms with Gasteiger partial charge in [-0.15, -0.1) is 0 Å². The van der Waals surface area contributed by atoms with Gasteiger partial charge in [0.2, 0.25) is 5.95 Å². The molecule has 0 saturated heterocycles. The van der Waals surface area contributed by atoms with Gasteiger partial charge in [0, 0.05) is 36.2 Å². The highest BCUT2D eigenvalue weighted by atomic mass is 19.1. The normalized spacial score (nSPS) is 10.8. The standard InChI is InChI=1S/C28H28F2N6O4/c1-4-12-32-26(38)17-9-8-16(2)19(15-17)23-18-10-11-22(37)36(24-20(29)6-5-7-21(24)30)25(18)35-27(34-23)33-13-14-40-28(39)31-3/h5-11,15H,4,12-14H2,1-3H3,(H,31,39)(H,32,38)(H,33,34,35). The molecule has 0 aliphatic carbocycles. The van der Waals surface area contributed by atoms with E-state index < -0.39 is 29.0 Å². The summed E-state index contributed by atoms with van der Waals surface area (Å²) < 4.78 is 35.6. The maximum atomic E-state index is 14.9. The second-order valence-electron chi connectivity index (χ2n) is 8.81. The van der Waals surface area contributed by atoms with Crippen molar-refractivity contribution in [1.82, 2.24) is 25.2 Å². The van der Waals surface area contributed by atoms with E-state index in [2.05, 4.69) is 25.9 Å². The lowest BCUT2D eigenvalue weighted by atomic mass is 9.99. The quantitative estimate of drug-likeness (QED) is 0.270. The van der Waals surface area contributed by atoms with Gasteiger partial charge in [0.05, 0.1) is 12.2 Å². The third-order valence-electron chi connectivity index (χ3n) is 6.02. The van der Waals surface area contributed by atoms with Crippen LogP contribution in [0.2, 0.25) is 0 Å². The molecule has 0 atom stereocenters. The summed E-state index contributed by atoms with van der Waals surface area (Å²) >= 11 is 0. The Morgan fingerprint density at radius 2 is 1.77 bits per heavy atom. The van der Waals surface area contributed by atoms with Crippen molar-refractivity contribution in [2.75, 3.05) is 32.1 Å². The van der Waals surface area contributed by atoms with E-state index in [1.54, 1.807) is 18.2 Å². The molecule has 12 heteroatoms. The first-order valence-corrected chi connectivity index (χ1v) is 12.6. The Morgan fingerprint density at radius 1 is 1.02 bits per heavy atom. The zero-order valence-corrected chi connectivity index (χ0v) is 22.2. The minimum Gasteiger partial charge on any atom is -0.448 e. The predicted octanol–water partition coefficient (Wildman–Crippen LogP) is 3.94. The fourth-order valence-corrected chi connectivity index (χ4v) is 4.06. The smallest absolute Gasteiger partial charge is 0.406 e. The van der Waals surface area contributed by atoms with E-state index in [9.17, 15) is 23.2 Å². The molecule has 0 unspecified atom stereocenters. The van der Waals surface area contributed by atoms with Gasteiger partial charge in [-0.2, -0.15) is 4.98 Å². The van der Waals surface area contributed by atoms with Gasteiger partial charge >= 0.3 is 6.09 Å². The van der Waals surface area contributed by atoms with Gasteiger partial charge in [-0.05, 0) is 49.2 Å². The molecule has 0 aliphatic heterocycles. The molecule has 0 bridgehead atoms. The van der Waals surface area contributed by atoms with Gasteiger partial charge in [-0.25, -0.2) is 18.6 Å². The molecule has 2 amide bonds. The Morgan fingerprint density at radius 3 is 2.48 bits per heavy atom. The number of rotatable bonds is 9. The van der Waals surface area contributed by atoms with Gasteiger partial charge in [0.1, 0.15) is 23.9 Å². The fourth-order valence-electron chi connectivity index (χ4n) is 4.06. The van der Waals surface area contributed by atoms with Gasteiger partial charge < -0.3 is 20.7 Å². The van der Waals surface area contributed by atoms with Crippen LogP contribution < -0.4 is 21.5 Å². The third kappa shape index (κ3) is 5.90. The lowest BCUT2D eigenvalue weighted by molar-refractivity contribution is 0.0953. The number of halogens is 2. The van der Waals surface area contributed by atoms with Crippen molar-refractivity contribution >= 4 is 29.0 Å². The van der Waals surface area contributed by atoms with Gasteiger partial charge in [0.15, 0.2) is 5.65 Å². The number of para-hydroxylation sites is 1. The lowest BCUT2D eigenvalue weighted by Crippen LogP contribution is -2.24. The maximum absolute atomic E-state index is 14.9. The van der Waals surface area contributed by atoms with Crippen molar-refractivity contribution in [3.63, 3.8) is 0 Å². The van der Waals surface area contributed by atoms with Gasteiger partial charge in [-0.1, -0.05) is 19.1 Å². The molecule has 2 aromatic heterocycles. The van der Waals surface area contributed by atoms with Crippen LogP contribution in [0.1, 0.15) is 29.3 Å². The number of hydrogen-bond donors (Lipinski definition) is 3. The number of ether oxygens (including phenoxy) is 1. The summed E-state index contributed by atoms with van der Waals surface area (Å²) in [5.74, 6) is -2.15. The number of benzene rings is 2. The fraction of sp³-hybridized carbons (Fsp3) is 0.250. The van der Waals surface area contributed by atoms with Crippen molar-refractivity contribution < 1.29 is 23.1 Å². The number of pyridine rings is 1. The number of hydrogen-bond acceptors (Lipinski definition) is 7. The SMILES string of the molecule is CCCNC(=O)c1ccc(C)c(-c2nc(NCCOC(=O)NC)nc3c2ccc(=O)n3-c2c(F)cccc2F)c1. The highest BCUT2D eigenvalue weighted by Gasteiger charge is 2.21. The van der Waals surface area contributed by atoms with Crippen LogP contribution in [-0.2, 0) is 4.74 Å². The average molecular weight is 551 g/mol. The first kappa shape index (κ1) is 28.1. The molecule has 40 heavy (non-hydrogen) atoms. The molecule has 4 rings (SSSR count). The van der Waals surface area contributed by atoms with Crippen LogP contribution >= 0.6 is 0 Å². The van der Waals surface area contributed by atoms with Crippen molar-refractivity contribution in [2.24, 2.45) is 0 Å². The van der Waals surface area contributed by atoms with Gasteiger partial charge in [0.25, 0.3) is 11.5 Å². The molecule has 2 aromatic carbocycles. The summed E-state index contributed by atoms with van der Waals surface area (Å²) in [5, 5.41) is 8.42. The van der Waals surface area contributed by atoms with E-state index in [1.165, 1.54) is 25.2 Å². The van der Waals surface area contributed by atoms with Crippen LogP contribution in [0.3, 0.4) is 0 Å². The molecule has 0 spiro atoms. The first-order valence-electron chi connectivity index (χ1n) is 12.6. The number of fused-ring (bicyclic) bond motifs is 1. The number of amides is 2. The lowest BCUT2D eigenvalue weighted by Gasteiger charge is -2.16. The van der Waals surface area contributed by atoms with E-state index in [0.717, 1.165) is 28.7 Å². The van der Waals surface area contributed by atoms with Crippen LogP contribution in [0.15, 0.2) is 53.3 Å². The van der Waals surface area contributed by atoms with Crippen LogP contribution in [0.4, 0.5) is 19.5 Å². The van der Waals surface area contributed by atoms with E-state index in [-0.39, 0.29) is 30.7 Å². The molecule has 4 aromatic rings. The van der Waals surface area contributed by atoms with Crippen molar-refractivity contribution in [3.8, 4) is 16.9 Å². The van der Waals surface area contributed by atoms with Gasteiger partial charge in [-0.3, -0.25) is 14.2 Å². The highest BCUT2D eigenvalue weighted by molar-refractivity contribution is 5.98. The number of nitrogens with one attached hydrogen (secondary N) is 3. The van der Waals surface area contributed by atoms with Crippen molar-refractivity contribution in [3.05, 3.63) is 81.6 Å². The molecule has 10 nitrogen and oxygen atoms in total. The van der Waals surface area contributed by atoms with Crippen LogP contribution in [0.25, 0.3) is 28.0 Å². The number of carbonyl (C=O) groups excluding carboxylic acids is 2. The number of alkyl carbamates (subject to hydrolysis) is 1. The second kappa shape index (κ2) is 12.3. The monoisotopic (exact) mass is 550 g/mol. The average Bonchev–Trinajstić information content (AvgIpc) is 2.94. The number of carbonyl (C=O) groups is 2. The zero-order chi connectivity index (χ0) is 28.8. The third-order valence-corrected chi connectivity index (χ3v) is 6.02. The van der Waals surface area contributed by atoms with E-state index in [1.807, 2.05) is 13.8 Å². The largest absolute Gasteiger partial charge is 0.448 e. The van der Waals surface area contributed by atoms with E-state index in [4.69, 9.17) is 4.74 Å². The number of aromatic nitrogens is 3. The second-order valence-corrected chi connectivity index (χ2v) is 8.81. The topological polar surface area (TPSA) is 127 Å². The van der Waals surface area contributed by atoms with Crippen LogP contribution in [0.5, 0.6) is 0 Å².